The molecule has 0 spiro atoms. The Kier molecular flexibility index (Phi) is 2.95. The van der Waals surface area contributed by atoms with Crippen molar-refractivity contribution in [2.24, 2.45) is 0 Å². The Hall–Kier alpha value is 0.390. The molecule has 0 aliphatic heterocycles. The second-order valence-electron chi connectivity index (χ2n) is 2.96. The molecule has 0 saturated heterocycles. The largest absolute Gasteiger partial charge is 0.129 e. The fourth-order valence-electron chi connectivity index (χ4n) is 1.42. The second-order valence-corrected chi connectivity index (χ2v) is 6.50. The van der Waals surface area contributed by atoms with E-state index in [1.807, 2.05) is 11.3 Å². The van der Waals surface area contributed by atoms with Gasteiger partial charge in [0.25, 0.3) is 0 Å². The SMILES string of the molecule is Cc1ccc2sc(I)cc2c1CBr. The fourth-order valence-corrected chi connectivity index (χ4v) is 4.01. The molecular formula is C10H8BrIS. The Morgan fingerprint density at radius 2 is 2.23 bits per heavy atom. The molecule has 3 heteroatoms. The lowest BCUT2D eigenvalue weighted by Gasteiger charge is -2.02. The van der Waals surface area contributed by atoms with E-state index in [9.17, 15) is 0 Å². The van der Waals surface area contributed by atoms with Crippen molar-refractivity contribution in [1.29, 1.82) is 0 Å². The summed E-state index contributed by atoms with van der Waals surface area (Å²) in [6.07, 6.45) is 0. The molecule has 1 aromatic heterocycles. The summed E-state index contributed by atoms with van der Waals surface area (Å²) in [6, 6.07) is 6.68. The standard InChI is InChI=1S/C10H8BrIS/c1-6-2-3-9-7(8(6)5-11)4-10(12)13-9/h2-4H,5H2,1H3. The molecule has 0 N–H and O–H groups in total. The highest BCUT2D eigenvalue weighted by Gasteiger charge is 2.06. The first-order valence-electron chi connectivity index (χ1n) is 3.96. The van der Waals surface area contributed by atoms with E-state index in [4.69, 9.17) is 0 Å². The van der Waals surface area contributed by atoms with E-state index >= 15 is 0 Å². The molecule has 0 amide bonds. The van der Waals surface area contributed by atoms with E-state index in [0.29, 0.717) is 0 Å². The summed E-state index contributed by atoms with van der Waals surface area (Å²) in [6.45, 7) is 2.17. The van der Waals surface area contributed by atoms with Gasteiger partial charge < -0.3 is 0 Å². The normalized spacial score (nSPS) is 11.0. The highest BCUT2D eigenvalue weighted by molar-refractivity contribution is 14.1. The third-order valence-electron chi connectivity index (χ3n) is 2.15. The highest BCUT2D eigenvalue weighted by Crippen LogP contribution is 2.31. The Morgan fingerprint density at radius 3 is 2.92 bits per heavy atom. The maximum Gasteiger partial charge on any atom is 0.0666 e. The summed E-state index contributed by atoms with van der Waals surface area (Å²) in [4.78, 5) is 0. The van der Waals surface area contributed by atoms with Gasteiger partial charge in [0.1, 0.15) is 0 Å². The lowest BCUT2D eigenvalue weighted by Crippen LogP contribution is -1.83. The number of fused-ring (bicyclic) bond motifs is 1. The molecule has 0 radical (unpaired) electrons. The minimum Gasteiger partial charge on any atom is -0.129 e. The minimum atomic E-state index is 0.947. The predicted octanol–water partition coefficient (Wildman–Crippen LogP) is 4.71. The zero-order chi connectivity index (χ0) is 9.42. The van der Waals surface area contributed by atoms with Crippen LogP contribution in [0.5, 0.6) is 0 Å². The van der Waals surface area contributed by atoms with E-state index in [1.54, 1.807) is 0 Å². The smallest absolute Gasteiger partial charge is 0.0666 e. The molecule has 2 aromatic rings. The van der Waals surface area contributed by atoms with Gasteiger partial charge in [-0.1, -0.05) is 22.0 Å². The molecule has 0 saturated carbocycles. The van der Waals surface area contributed by atoms with Crippen molar-refractivity contribution < 1.29 is 0 Å². The summed E-state index contributed by atoms with van der Waals surface area (Å²) >= 11 is 7.78. The predicted molar refractivity (Wildman–Crippen MR) is 71.9 cm³/mol. The molecule has 0 nitrogen and oxygen atoms in total. The van der Waals surface area contributed by atoms with E-state index in [0.717, 1.165) is 5.33 Å². The monoisotopic (exact) mass is 366 g/mol. The highest BCUT2D eigenvalue weighted by atomic mass is 127. The topological polar surface area (TPSA) is 0 Å². The number of halogens is 2. The minimum absolute atomic E-state index is 0.947. The maximum atomic E-state index is 3.54. The summed E-state index contributed by atoms with van der Waals surface area (Å²) < 4.78 is 2.75. The Bertz CT molecular complexity index is 447. The third kappa shape index (κ3) is 1.78. The van der Waals surface area contributed by atoms with Crippen molar-refractivity contribution in [2.75, 3.05) is 0 Å². The average Bonchev–Trinajstić information content (AvgIpc) is 2.45. The molecule has 0 bridgehead atoms. The second kappa shape index (κ2) is 3.87. The Balaban J connectivity index is 2.82. The van der Waals surface area contributed by atoms with Gasteiger partial charge in [0.05, 0.1) is 2.88 Å². The van der Waals surface area contributed by atoms with Gasteiger partial charge >= 0.3 is 0 Å². The first-order chi connectivity index (χ1) is 6.22. The molecule has 0 fully saturated rings. The molecule has 68 valence electrons. The van der Waals surface area contributed by atoms with Crippen molar-refractivity contribution in [3.8, 4) is 0 Å². The third-order valence-corrected chi connectivity index (χ3v) is 4.57. The molecule has 2 rings (SSSR count). The molecule has 0 unspecified atom stereocenters. The summed E-state index contributed by atoms with van der Waals surface area (Å²) in [5.41, 5.74) is 2.80. The molecule has 0 aliphatic carbocycles. The molecule has 1 heterocycles. The number of thiophene rings is 1. The zero-order valence-electron chi connectivity index (χ0n) is 7.10. The van der Waals surface area contributed by atoms with Crippen LogP contribution >= 0.6 is 49.9 Å². The van der Waals surface area contributed by atoms with Crippen molar-refractivity contribution in [3.63, 3.8) is 0 Å². The van der Waals surface area contributed by atoms with E-state index in [-0.39, 0.29) is 0 Å². The zero-order valence-corrected chi connectivity index (χ0v) is 11.7. The lowest BCUT2D eigenvalue weighted by molar-refractivity contribution is 1.36. The summed E-state index contributed by atoms with van der Waals surface area (Å²) in [5.74, 6) is 0. The number of hydrogen-bond acceptors (Lipinski definition) is 1. The van der Waals surface area contributed by atoms with Gasteiger partial charge in [-0.15, -0.1) is 11.3 Å². The van der Waals surface area contributed by atoms with E-state index in [2.05, 4.69) is 63.6 Å². The van der Waals surface area contributed by atoms with Crippen molar-refractivity contribution >= 4 is 59.9 Å². The van der Waals surface area contributed by atoms with E-state index in [1.165, 1.54) is 24.1 Å². The number of rotatable bonds is 1. The Morgan fingerprint density at radius 1 is 1.46 bits per heavy atom. The van der Waals surface area contributed by atoms with Gasteiger partial charge in [0.15, 0.2) is 0 Å². The fraction of sp³-hybridized carbons (Fsp3) is 0.200. The summed E-state index contributed by atoms with van der Waals surface area (Å²) in [5, 5.41) is 2.36. The van der Waals surface area contributed by atoms with Crippen LogP contribution in [0.15, 0.2) is 18.2 Å². The van der Waals surface area contributed by atoms with Crippen LogP contribution in [0.1, 0.15) is 11.1 Å². The maximum absolute atomic E-state index is 3.54. The summed E-state index contributed by atoms with van der Waals surface area (Å²) in [7, 11) is 0. The van der Waals surface area contributed by atoms with Crippen LogP contribution in [0.2, 0.25) is 0 Å². The molecule has 13 heavy (non-hydrogen) atoms. The van der Waals surface area contributed by atoms with Gasteiger partial charge in [-0.05, 0) is 58.2 Å². The van der Waals surface area contributed by atoms with Crippen LogP contribution in [-0.4, -0.2) is 0 Å². The number of alkyl halides is 1. The van der Waals surface area contributed by atoms with Crippen LogP contribution in [0.3, 0.4) is 0 Å². The van der Waals surface area contributed by atoms with Crippen LogP contribution in [-0.2, 0) is 5.33 Å². The van der Waals surface area contributed by atoms with Crippen LogP contribution in [0, 0.1) is 9.81 Å². The van der Waals surface area contributed by atoms with Gasteiger partial charge in [-0.25, -0.2) is 0 Å². The van der Waals surface area contributed by atoms with Crippen molar-refractivity contribution in [1.82, 2.24) is 0 Å². The van der Waals surface area contributed by atoms with Gasteiger partial charge in [0, 0.05) is 10.0 Å². The van der Waals surface area contributed by atoms with Crippen molar-refractivity contribution in [3.05, 3.63) is 32.2 Å². The Labute approximate surface area is 104 Å². The molecular weight excluding hydrogens is 359 g/mol. The number of hydrogen-bond donors (Lipinski definition) is 0. The average molecular weight is 367 g/mol. The van der Waals surface area contributed by atoms with Crippen LogP contribution in [0.25, 0.3) is 10.1 Å². The van der Waals surface area contributed by atoms with Gasteiger partial charge in [0.2, 0.25) is 0 Å². The van der Waals surface area contributed by atoms with Crippen LogP contribution in [0.4, 0.5) is 0 Å². The molecule has 0 atom stereocenters. The number of benzene rings is 1. The molecule has 1 aromatic carbocycles. The molecule has 0 aliphatic rings. The number of aryl methyl sites for hydroxylation is 1. The van der Waals surface area contributed by atoms with E-state index < -0.39 is 0 Å². The quantitative estimate of drug-likeness (QED) is 0.506. The van der Waals surface area contributed by atoms with Gasteiger partial charge in [-0.2, -0.15) is 0 Å². The first kappa shape index (κ1) is 9.93. The first-order valence-corrected chi connectivity index (χ1v) is 6.97. The van der Waals surface area contributed by atoms with Crippen molar-refractivity contribution in [2.45, 2.75) is 12.3 Å². The lowest BCUT2D eigenvalue weighted by atomic mass is 10.1. The van der Waals surface area contributed by atoms with Crippen LogP contribution < -0.4 is 0 Å². The van der Waals surface area contributed by atoms with Gasteiger partial charge in [-0.3, -0.25) is 0 Å².